The van der Waals surface area contributed by atoms with Crippen LogP contribution in [0.1, 0.15) is 33.1 Å². The summed E-state index contributed by atoms with van der Waals surface area (Å²) in [5.74, 6) is 1.31. The van der Waals surface area contributed by atoms with Gasteiger partial charge in [-0.15, -0.1) is 0 Å². The Hall–Kier alpha value is -1.69. The largest absolute Gasteiger partial charge is 0.497 e. The van der Waals surface area contributed by atoms with Crippen molar-refractivity contribution in [2.24, 2.45) is 5.92 Å². The van der Waals surface area contributed by atoms with Crippen molar-refractivity contribution in [1.29, 1.82) is 5.26 Å². The highest BCUT2D eigenvalue weighted by Crippen LogP contribution is 2.39. The van der Waals surface area contributed by atoms with Crippen molar-refractivity contribution in [3.05, 3.63) is 24.3 Å². The molecule has 3 heteroatoms. The van der Waals surface area contributed by atoms with Gasteiger partial charge >= 0.3 is 0 Å². The molecule has 1 aliphatic heterocycles. The van der Waals surface area contributed by atoms with E-state index in [1.807, 2.05) is 12.1 Å². The van der Waals surface area contributed by atoms with E-state index in [1.54, 1.807) is 7.11 Å². The van der Waals surface area contributed by atoms with E-state index in [1.165, 1.54) is 5.69 Å². The number of anilines is 1. The number of rotatable bonds is 3. The summed E-state index contributed by atoms with van der Waals surface area (Å²) in [4.78, 5) is 2.42. The van der Waals surface area contributed by atoms with Crippen molar-refractivity contribution in [3.8, 4) is 11.8 Å². The average Bonchev–Trinajstić information content (AvgIpc) is 2.41. The molecule has 1 atom stereocenters. The second kappa shape index (κ2) is 5.52. The third-order valence-corrected chi connectivity index (χ3v) is 4.33. The molecule has 1 unspecified atom stereocenters. The van der Waals surface area contributed by atoms with Gasteiger partial charge in [0.05, 0.1) is 13.2 Å². The van der Waals surface area contributed by atoms with Gasteiger partial charge in [-0.2, -0.15) is 5.26 Å². The van der Waals surface area contributed by atoms with Crippen LogP contribution < -0.4 is 9.64 Å². The number of methoxy groups -OCH3 is 1. The predicted octanol–water partition coefficient (Wildman–Crippen LogP) is 3.60. The first-order valence-electron chi connectivity index (χ1n) is 6.88. The zero-order valence-electron chi connectivity index (χ0n) is 12.0. The number of nitrogens with zero attached hydrogens (tertiary/aromatic N) is 2. The van der Waals surface area contributed by atoms with Crippen LogP contribution in [0, 0.1) is 17.2 Å². The lowest BCUT2D eigenvalue weighted by molar-refractivity contribution is 0.241. The molecule has 0 amide bonds. The minimum absolute atomic E-state index is 0.0142. The second-order valence-corrected chi connectivity index (χ2v) is 5.71. The fourth-order valence-corrected chi connectivity index (χ4v) is 3.06. The van der Waals surface area contributed by atoms with Crippen LogP contribution in [-0.4, -0.2) is 19.2 Å². The van der Waals surface area contributed by atoms with E-state index in [-0.39, 0.29) is 5.54 Å². The molecule has 102 valence electrons. The van der Waals surface area contributed by atoms with Gasteiger partial charge in [0.25, 0.3) is 0 Å². The maximum Gasteiger partial charge on any atom is 0.120 e. The molecule has 0 saturated carbocycles. The monoisotopic (exact) mass is 258 g/mol. The standard InChI is InChI=1S/C16H22N2O/c1-16(2)13(9-10-17)6-5-11-18(16)14-7-4-8-15(12-14)19-3/h4,7-8,12-13H,5-6,9,11H2,1-3H3. The summed E-state index contributed by atoms with van der Waals surface area (Å²) in [5, 5.41) is 9.00. The van der Waals surface area contributed by atoms with Crippen LogP contribution in [0.3, 0.4) is 0 Å². The molecule has 0 bridgehead atoms. The van der Waals surface area contributed by atoms with Gasteiger partial charge < -0.3 is 9.64 Å². The molecule has 2 rings (SSSR count). The van der Waals surface area contributed by atoms with E-state index in [0.29, 0.717) is 12.3 Å². The summed E-state index contributed by atoms with van der Waals surface area (Å²) in [6, 6.07) is 10.5. The van der Waals surface area contributed by atoms with E-state index < -0.39 is 0 Å². The van der Waals surface area contributed by atoms with E-state index in [2.05, 4.69) is 36.9 Å². The number of nitriles is 1. The van der Waals surface area contributed by atoms with Crippen molar-refractivity contribution in [1.82, 2.24) is 0 Å². The molecule has 19 heavy (non-hydrogen) atoms. The molecule has 0 N–H and O–H groups in total. The van der Waals surface area contributed by atoms with E-state index in [9.17, 15) is 0 Å². The lowest BCUT2D eigenvalue weighted by Crippen LogP contribution is -2.53. The van der Waals surface area contributed by atoms with Gasteiger partial charge in [0.1, 0.15) is 5.75 Å². The van der Waals surface area contributed by atoms with Crippen LogP contribution in [0.5, 0.6) is 5.75 Å². The van der Waals surface area contributed by atoms with Crippen LogP contribution in [0.15, 0.2) is 24.3 Å². The summed E-state index contributed by atoms with van der Waals surface area (Å²) in [6.07, 6.45) is 2.92. The normalized spacial score (nSPS) is 21.8. The van der Waals surface area contributed by atoms with Crippen LogP contribution >= 0.6 is 0 Å². The van der Waals surface area contributed by atoms with Gasteiger partial charge in [0.15, 0.2) is 0 Å². The lowest BCUT2D eigenvalue weighted by atomic mass is 9.77. The van der Waals surface area contributed by atoms with Crippen molar-refractivity contribution in [2.45, 2.75) is 38.6 Å². The Bertz CT molecular complexity index is 476. The van der Waals surface area contributed by atoms with Gasteiger partial charge in [-0.05, 0) is 44.7 Å². The summed E-state index contributed by atoms with van der Waals surface area (Å²) in [6.45, 7) is 5.53. The summed E-state index contributed by atoms with van der Waals surface area (Å²) < 4.78 is 5.31. The molecular weight excluding hydrogens is 236 g/mol. The lowest BCUT2D eigenvalue weighted by Gasteiger charge is -2.49. The molecule has 1 saturated heterocycles. The Morgan fingerprint density at radius 3 is 2.95 bits per heavy atom. The van der Waals surface area contributed by atoms with Crippen LogP contribution in [0.4, 0.5) is 5.69 Å². The van der Waals surface area contributed by atoms with E-state index in [0.717, 1.165) is 25.1 Å². The molecule has 1 aliphatic rings. The van der Waals surface area contributed by atoms with Gasteiger partial charge in [0.2, 0.25) is 0 Å². The first kappa shape index (κ1) is 13.7. The Morgan fingerprint density at radius 1 is 1.47 bits per heavy atom. The number of hydrogen-bond donors (Lipinski definition) is 0. The minimum Gasteiger partial charge on any atom is -0.497 e. The Morgan fingerprint density at radius 2 is 2.26 bits per heavy atom. The fourth-order valence-electron chi connectivity index (χ4n) is 3.06. The Labute approximate surface area is 115 Å². The average molecular weight is 258 g/mol. The molecule has 0 aliphatic carbocycles. The third kappa shape index (κ3) is 2.68. The van der Waals surface area contributed by atoms with E-state index >= 15 is 0 Å². The summed E-state index contributed by atoms with van der Waals surface area (Å²) >= 11 is 0. The van der Waals surface area contributed by atoms with Crippen molar-refractivity contribution in [3.63, 3.8) is 0 Å². The van der Waals surface area contributed by atoms with Crippen molar-refractivity contribution < 1.29 is 4.74 Å². The molecule has 1 heterocycles. The molecule has 1 aromatic carbocycles. The molecule has 1 aromatic rings. The van der Waals surface area contributed by atoms with Crippen LogP contribution in [-0.2, 0) is 0 Å². The summed E-state index contributed by atoms with van der Waals surface area (Å²) in [5.41, 5.74) is 1.20. The molecular formula is C16H22N2O. The number of ether oxygens (including phenoxy) is 1. The molecule has 0 spiro atoms. The molecule has 0 aromatic heterocycles. The smallest absolute Gasteiger partial charge is 0.120 e. The number of benzene rings is 1. The van der Waals surface area contributed by atoms with Gasteiger partial charge in [-0.1, -0.05) is 6.07 Å². The maximum atomic E-state index is 9.00. The van der Waals surface area contributed by atoms with Crippen LogP contribution in [0.25, 0.3) is 0 Å². The van der Waals surface area contributed by atoms with Crippen molar-refractivity contribution in [2.75, 3.05) is 18.6 Å². The zero-order chi connectivity index (χ0) is 13.9. The zero-order valence-corrected chi connectivity index (χ0v) is 12.0. The highest BCUT2D eigenvalue weighted by Gasteiger charge is 2.38. The summed E-state index contributed by atoms with van der Waals surface area (Å²) in [7, 11) is 1.69. The highest BCUT2D eigenvalue weighted by atomic mass is 16.5. The molecule has 3 nitrogen and oxygen atoms in total. The van der Waals surface area contributed by atoms with Gasteiger partial charge in [-0.3, -0.25) is 0 Å². The molecule has 1 fully saturated rings. The molecule has 0 radical (unpaired) electrons. The van der Waals surface area contributed by atoms with E-state index in [4.69, 9.17) is 10.00 Å². The van der Waals surface area contributed by atoms with Crippen molar-refractivity contribution >= 4 is 5.69 Å². The first-order valence-corrected chi connectivity index (χ1v) is 6.88. The Balaban J connectivity index is 2.29. The predicted molar refractivity (Wildman–Crippen MR) is 77.4 cm³/mol. The quantitative estimate of drug-likeness (QED) is 0.831. The van der Waals surface area contributed by atoms with Gasteiger partial charge in [0, 0.05) is 30.3 Å². The second-order valence-electron chi connectivity index (χ2n) is 5.71. The number of hydrogen-bond acceptors (Lipinski definition) is 3. The Kier molecular flexibility index (Phi) is 3.99. The fraction of sp³-hybridized carbons (Fsp3) is 0.562. The third-order valence-electron chi connectivity index (χ3n) is 4.33. The highest BCUT2D eigenvalue weighted by molar-refractivity contribution is 5.53. The topological polar surface area (TPSA) is 36.3 Å². The minimum atomic E-state index is 0.0142. The van der Waals surface area contributed by atoms with Crippen LogP contribution in [0.2, 0.25) is 0 Å². The SMILES string of the molecule is COc1cccc(N2CCCC(CC#N)C2(C)C)c1. The first-order chi connectivity index (χ1) is 9.09. The van der Waals surface area contributed by atoms with Gasteiger partial charge in [-0.25, -0.2) is 0 Å². The number of piperidine rings is 1. The maximum absolute atomic E-state index is 9.00.